The Morgan fingerprint density at radius 1 is 1.24 bits per heavy atom. The van der Waals surface area contributed by atoms with E-state index in [1.165, 1.54) is 12.1 Å². The number of nitrogens with one attached hydrogen (secondary N) is 2. The minimum absolute atomic E-state index is 0.120. The van der Waals surface area contributed by atoms with E-state index in [0.717, 1.165) is 18.5 Å². The Hall–Kier alpha value is -2.41. The predicted octanol–water partition coefficient (Wildman–Crippen LogP) is 2.61. The van der Waals surface area contributed by atoms with E-state index < -0.39 is 0 Å². The number of amides is 2. The molecule has 0 unspecified atom stereocenters. The molecule has 3 N–H and O–H groups in total. The zero-order valence-corrected chi connectivity index (χ0v) is 14.6. The van der Waals surface area contributed by atoms with Gasteiger partial charge in [-0.2, -0.15) is 5.10 Å². The van der Waals surface area contributed by atoms with Crippen LogP contribution in [-0.4, -0.2) is 34.1 Å². The zero-order valence-electron chi connectivity index (χ0n) is 14.6. The average molecular weight is 348 g/mol. The second-order valence-electron chi connectivity index (χ2n) is 6.76. The number of benzene rings is 1. The number of urea groups is 1. The summed E-state index contributed by atoms with van der Waals surface area (Å²) >= 11 is 0. The van der Waals surface area contributed by atoms with Crippen molar-refractivity contribution < 1.29 is 14.3 Å². The fourth-order valence-electron chi connectivity index (χ4n) is 2.27. The molecule has 25 heavy (non-hydrogen) atoms. The van der Waals surface area contributed by atoms with Crippen LogP contribution in [0.4, 0.5) is 9.18 Å². The third kappa shape index (κ3) is 6.19. The number of aromatic nitrogens is 2. The molecule has 0 saturated carbocycles. The smallest absolute Gasteiger partial charge is 0.315 e. The van der Waals surface area contributed by atoms with Crippen LogP contribution >= 0.6 is 0 Å². The third-order valence-corrected chi connectivity index (χ3v) is 3.91. The van der Waals surface area contributed by atoms with Gasteiger partial charge in [-0.3, -0.25) is 0 Å². The fraction of sp³-hybridized carbons (Fsp3) is 0.444. The van der Waals surface area contributed by atoms with Crippen LogP contribution in [0.3, 0.4) is 0 Å². The largest absolute Gasteiger partial charge is 0.396 e. The first-order valence-corrected chi connectivity index (χ1v) is 8.33. The number of hydrogen-bond donors (Lipinski definition) is 3. The van der Waals surface area contributed by atoms with E-state index in [2.05, 4.69) is 15.7 Å². The lowest BCUT2D eigenvalue weighted by Gasteiger charge is -2.21. The van der Waals surface area contributed by atoms with Gasteiger partial charge in [0.1, 0.15) is 5.82 Å². The molecule has 136 valence electrons. The molecule has 7 heteroatoms. The second-order valence-corrected chi connectivity index (χ2v) is 6.76. The van der Waals surface area contributed by atoms with E-state index in [1.54, 1.807) is 29.1 Å². The molecule has 2 rings (SSSR count). The van der Waals surface area contributed by atoms with Crippen molar-refractivity contribution in [2.24, 2.45) is 5.41 Å². The first-order chi connectivity index (χ1) is 11.9. The summed E-state index contributed by atoms with van der Waals surface area (Å²) in [7, 11) is 0. The second kappa shape index (κ2) is 8.62. The molecule has 0 bridgehead atoms. The Balaban J connectivity index is 1.72. The molecule has 0 aliphatic carbocycles. The highest BCUT2D eigenvalue weighted by atomic mass is 19.1. The Bertz CT molecular complexity index is 683. The molecule has 0 radical (unpaired) electrons. The van der Waals surface area contributed by atoms with Crippen LogP contribution in [0.1, 0.15) is 32.4 Å². The van der Waals surface area contributed by atoms with Gasteiger partial charge >= 0.3 is 6.03 Å². The number of hydrogen-bond acceptors (Lipinski definition) is 3. The van der Waals surface area contributed by atoms with Crippen molar-refractivity contribution in [2.75, 3.05) is 13.2 Å². The van der Waals surface area contributed by atoms with E-state index >= 15 is 0 Å². The first-order valence-electron chi connectivity index (χ1n) is 8.33. The maximum absolute atomic E-state index is 12.9. The van der Waals surface area contributed by atoms with E-state index in [-0.39, 0.29) is 23.9 Å². The van der Waals surface area contributed by atoms with Crippen LogP contribution < -0.4 is 10.6 Å². The molecule has 0 aliphatic rings. The molecule has 2 amide bonds. The highest BCUT2D eigenvalue weighted by Gasteiger charge is 2.15. The molecule has 0 fully saturated rings. The number of aliphatic hydroxyl groups is 1. The molecule has 2 aromatic rings. The van der Waals surface area contributed by atoms with Gasteiger partial charge in [-0.05, 0) is 48.6 Å². The van der Waals surface area contributed by atoms with Crippen molar-refractivity contribution in [3.05, 3.63) is 48.0 Å². The number of halogens is 1. The SMILES string of the molecule is CC(C)(CO)CCCNC(=O)NCc1ccn(-c2ccc(F)cc2)n1. The molecule has 1 aromatic carbocycles. The van der Waals surface area contributed by atoms with Crippen LogP contribution in [0.5, 0.6) is 0 Å². The van der Waals surface area contributed by atoms with Gasteiger partial charge in [0.2, 0.25) is 0 Å². The zero-order chi connectivity index (χ0) is 18.3. The lowest BCUT2D eigenvalue weighted by atomic mass is 9.89. The molecule has 1 aromatic heterocycles. The minimum atomic E-state index is -0.295. The summed E-state index contributed by atoms with van der Waals surface area (Å²) in [5.74, 6) is -0.295. The molecule has 1 heterocycles. The lowest BCUT2D eigenvalue weighted by Crippen LogP contribution is -2.36. The third-order valence-electron chi connectivity index (χ3n) is 3.91. The van der Waals surface area contributed by atoms with Crippen molar-refractivity contribution in [1.82, 2.24) is 20.4 Å². The summed E-state index contributed by atoms with van der Waals surface area (Å²) in [4.78, 5) is 11.8. The van der Waals surface area contributed by atoms with Crippen molar-refractivity contribution in [1.29, 1.82) is 0 Å². The molecule has 0 spiro atoms. The van der Waals surface area contributed by atoms with Crippen LogP contribution in [0.2, 0.25) is 0 Å². The van der Waals surface area contributed by atoms with Gasteiger partial charge < -0.3 is 15.7 Å². The number of rotatable bonds is 8. The first kappa shape index (κ1) is 18.9. The number of nitrogens with zero attached hydrogens (tertiary/aromatic N) is 2. The summed E-state index contributed by atoms with van der Waals surface area (Å²) in [5, 5.41) is 19.1. The van der Waals surface area contributed by atoms with E-state index in [9.17, 15) is 14.3 Å². The number of aliphatic hydroxyl groups excluding tert-OH is 1. The summed E-state index contributed by atoms with van der Waals surface area (Å²) in [6.07, 6.45) is 3.41. The maximum Gasteiger partial charge on any atom is 0.315 e. The van der Waals surface area contributed by atoms with Crippen LogP contribution in [0, 0.1) is 11.2 Å². The Labute approximate surface area is 147 Å². The van der Waals surface area contributed by atoms with Crippen LogP contribution in [0.15, 0.2) is 36.5 Å². The Kier molecular flexibility index (Phi) is 6.52. The minimum Gasteiger partial charge on any atom is -0.396 e. The van der Waals surface area contributed by atoms with Gasteiger partial charge in [-0.15, -0.1) is 0 Å². The summed E-state index contributed by atoms with van der Waals surface area (Å²) in [5.41, 5.74) is 1.34. The maximum atomic E-state index is 12.9. The molecule has 0 aliphatic heterocycles. The summed E-state index contributed by atoms with van der Waals surface area (Å²) in [6.45, 7) is 4.98. The summed E-state index contributed by atoms with van der Waals surface area (Å²) < 4.78 is 14.6. The van der Waals surface area contributed by atoms with E-state index in [4.69, 9.17) is 0 Å². The van der Waals surface area contributed by atoms with Crippen LogP contribution in [0.25, 0.3) is 5.69 Å². The Morgan fingerprint density at radius 2 is 1.96 bits per heavy atom. The molecular weight excluding hydrogens is 323 g/mol. The van der Waals surface area contributed by atoms with Crippen molar-refractivity contribution in [3.8, 4) is 5.69 Å². The number of carbonyl (C=O) groups excluding carboxylic acids is 1. The molecule has 0 saturated heterocycles. The van der Waals surface area contributed by atoms with Gasteiger partial charge in [0.05, 0.1) is 17.9 Å². The van der Waals surface area contributed by atoms with Gasteiger partial charge in [0, 0.05) is 19.3 Å². The number of carbonyl (C=O) groups is 1. The van der Waals surface area contributed by atoms with Crippen molar-refractivity contribution >= 4 is 6.03 Å². The van der Waals surface area contributed by atoms with E-state index in [1.807, 2.05) is 13.8 Å². The fourth-order valence-corrected chi connectivity index (χ4v) is 2.27. The molecule has 0 atom stereocenters. The predicted molar refractivity (Wildman–Crippen MR) is 93.9 cm³/mol. The summed E-state index contributed by atoms with van der Waals surface area (Å²) in [6, 6.07) is 7.58. The standard InChI is InChI=1S/C18H25FN4O2/c1-18(2,13-24)9-3-10-20-17(25)21-12-15-8-11-23(22-15)16-6-4-14(19)5-7-16/h4-8,11,24H,3,9-10,12-13H2,1-2H3,(H2,20,21,25). The van der Waals surface area contributed by atoms with Gasteiger partial charge in [0.25, 0.3) is 0 Å². The van der Waals surface area contributed by atoms with E-state index in [0.29, 0.717) is 18.8 Å². The van der Waals surface area contributed by atoms with Crippen molar-refractivity contribution in [3.63, 3.8) is 0 Å². The van der Waals surface area contributed by atoms with Gasteiger partial charge in [0.15, 0.2) is 0 Å². The normalized spacial score (nSPS) is 11.4. The quantitative estimate of drug-likeness (QED) is 0.642. The molecule has 6 nitrogen and oxygen atoms in total. The highest BCUT2D eigenvalue weighted by molar-refractivity contribution is 5.73. The highest BCUT2D eigenvalue weighted by Crippen LogP contribution is 2.20. The van der Waals surface area contributed by atoms with Crippen LogP contribution in [-0.2, 0) is 6.54 Å². The lowest BCUT2D eigenvalue weighted by molar-refractivity contribution is 0.148. The monoisotopic (exact) mass is 348 g/mol. The topological polar surface area (TPSA) is 79.2 Å². The average Bonchev–Trinajstić information content (AvgIpc) is 3.06. The van der Waals surface area contributed by atoms with Crippen molar-refractivity contribution in [2.45, 2.75) is 33.2 Å². The Morgan fingerprint density at radius 3 is 2.64 bits per heavy atom. The van der Waals surface area contributed by atoms with Gasteiger partial charge in [-0.25, -0.2) is 13.9 Å². The molecular formula is C18H25FN4O2. The van der Waals surface area contributed by atoms with Gasteiger partial charge in [-0.1, -0.05) is 13.8 Å².